The van der Waals surface area contributed by atoms with E-state index in [4.69, 9.17) is 4.74 Å². The highest BCUT2D eigenvalue weighted by Gasteiger charge is 2.66. The van der Waals surface area contributed by atoms with Crippen molar-refractivity contribution in [2.24, 2.45) is 63.1 Å². The molecule has 52 heavy (non-hydrogen) atoms. The molecule has 6 rings (SSSR count). The molecule has 0 amide bonds. The van der Waals surface area contributed by atoms with Crippen molar-refractivity contribution in [3.8, 4) is 0 Å². The van der Waals surface area contributed by atoms with Gasteiger partial charge in [-0.15, -0.1) is 0 Å². The van der Waals surface area contributed by atoms with Crippen molar-refractivity contribution in [1.29, 1.82) is 0 Å². The van der Waals surface area contributed by atoms with E-state index >= 15 is 4.39 Å². The summed E-state index contributed by atoms with van der Waals surface area (Å²) in [4.78, 5) is 12.0. The van der Waals surface area contributed by atoms with E-state index in [9.17, 15) is 4.79 Å². The van der Waals surface area contributed by atoms with Crippen LogP contribution in [0.2, 0.25) is 0 Å². The third kappa shape index (κ3) is 8.14. The fourth-order valence-electron chi connectivity index (χ4n) is 13.2. The zero-order chi connectivity index (χ0) is 39.2. The zero-order valence-electron chi connectivity index (χ0n) is 36.6. The minimum absolute atomic E-state index is 0.0157. The molecular formula is C48H82FO3+. The maximum atomic E-state index is 15.0. The summed E-state index contributed by atoms with van der Waals surface area (Å²) in [5.74, 6) is 4.71. The average molecular weight is 726 g/mol. The minimum Gasteiger partial charge on any atom is -0.465 e. The van der Waals surface area contributed by atoms with Crippen LogP contribution >= 0.6 is 0 Å². The van der Waals surface area contributed by atoms with Crippen LogP contribution in [0.4, 0.5) is 4.39 Å². The van der Waals surface area contributed by atoms with Gasteiger partial charge in [-0.3, -0.25) is 0 Å². The van der Waals surface area contributed by atoms with Crippen molar-refractivity contribution in [2.75, 3.05) is 27.4 Å². The highest BCUT2D eigenvalue weighted by atomic mass is 19.1. The van der Waals surface area contributed by atoms with Crippen molar-refractivity contribution >= 4 is 11.5 Å². The molecule has 1 aromatic rings. The van der Waals surface area contributed by atoms with E-state index in [1.165, 1.54) is 76.9 Å². The summed E-state index contributed by atoms with van der Waals surface area (Å²) in [5.41, 5.74) is 3.40. The van der Waals surface area contributed by atoms with Gasteiger partial charge in [0.1, 0.15) is 26.1 Å². The minimum atomic E-state index is -0.614. The normalized spacial score (nSPS) is 36.0. The van der Waals surface area contributed by atoms with Crippen LogP contribution in [0.5, 0.6) is 0 Å². The smallest absolute Gasteiger partial charge is 0.340 e. The number of ether oxygens (including phenoxy) is 1. The van der Waals surface area contributed by atoms with E-state index in [-0.39, 0.29) is 16.4 Å². The molecular weight excluding hydrogens is 644 g/mol. The van der Waals surface area contributed by atoms with Gasteiger partial charge in [-0.2, -0.15) is 0 Å². The second-order valence-electron chi connectivity index (χ2n) is 18.3. The number of benzene rings is 1. The molecule has 0 aliphatic heterocycles. The van der Waals surface area contributed by atoms with Crippen molar-refractivity contribution < 1.29 is 18.3 Å². The van der Waals surface area contributed by atoms with Crippen LogP contribution in [0.3, 0.4) is 0 Å². The van der Waals surface area contributed by atoms with Gasteiger partial charge in [0.25, 0.3) is 0 Å². The standard InChI is InChI=1S/C38H55FO2.C6H15O.2C2H6/c1-9-23(2)25-14-18-36(5)19-15-29-26(33(25)36)12-13-32-37(29,6)21-17-31-35(3,4)28(16-20-38(31,32)7)24-10-11-27(30(39)22-24)34(40)41-8;1-4-6-7(3)5-2;2*1-2/h10-11,16,22-23,25-26,29,31-33H,9,12-15,17-21H2,1-8H3;4-6H2,1-3H3;2*1-2H3/q;+1;;/t23-,25?,26+,29?,31?,32?,33?,36-,37+,38+;;;/m1.../s1. The van der Waals surface area contributed by atoms with Gasteiger partial charge in [-0.25, -0.2) is 9.18 Å². The fourth-order valence-corrected chi connectivity index (χ4v) is 13.2. The topological polar surface area (TPSA) is 29.0 Å². The first-order valence-corrected chi connectivity index (χ1v) is 21.8. The third-order valence-electron chi connectivity index (χ3n) is 15.7. The molecule has 10 atom stereocenters. The Morgan fingerprint density at radius 1 is 0.904 bits per heavy atom. The molecule has 3 nitrogen and oxygen atoms in total. The van der Waals surface area contributed by atoms with Crippen molar-refractivity contribution in [1.82, 2.24) is 0 Å². The summed E-state index contributed by atoms with van der Waals surface area (Å²) in [6.07, 6.45) is 17.3. The van der Waals surface area contributed by atoms with Gasteiger partial charge in [0, 0.05) is 13.3 Å². The molecule has 0 heterocycles. The number of allylic oxidation sites excluding steroid dienone is 2. The molecule has 4 heteroatoms. The second kappa shape index (κ2) is 18.3. The first kappa shape index (κ1) is 44.7. The molecule has 0 bridgehead atoms. The summed E-state index contributed by atoms with van der Waals surface area (Å²) in [7, 11) is 3.36. The van der Waals surface area contributed by atoms with Gasteiger partial charge >= 0.3 is 5.97 Å². The number of hydrogen-bond acceptors (Lipinski definition) is 2. The van der Waals surface area contributed by atoms with Crippen LogP contribution in [-0.4, -0.2) is 33.4 Å². The SMILES string of the molecule is CC.CC.CCC[O+](C)CC.CC[C@@H](C)C1CC[C@]2(C)CCC3[C@H](CCC4[C@@]3(C)CCC3C(C)(C)C(c5ccc(C(=O)OC)c(F)c5)=CC[C@@]34C)C12. The Morgan fingerprint density at radius 3 is 2.12 bits per heavy atom. The summed E-state index contributed by atoms with van der Waals surface area (Å²) in [6.45, 7) is 32.3. The van der Waals surface area contributed by atoms with E-state index < -0.39 is 11.8 Å². The number of methoxy groups -OCH3 is 1. The molecule has 4 saturated carbocycles. The van der Waals surface area contributed by atoms with Crippen molar-refractivity contribution in [3.63, 3.8) is 0 Å². The number of carbonyl (C=O) groups excluding carboxylic acids is 1. The molecule has 5 aliphatic carbocycles. The molecule has 0 aromatic heterocycles. The average Bonchev–Trinajstić information content (AvgIpc) is 3.50. The fraction of sp³-hybridized carbons (Fsp3) is 0.812. The molecule has 5 aliphatic rings. The molecule has 5 unspecified atom stereocenters. The van der Waals surface area contributed by atoms with Crippen LogP contribution in [0.25, 0.3) is 5.57 Å². The van der Waals surface area contributed by atoms with Gasteiger partial charge in [0.2, 0.25) is 0 Å². The van der Waals surface area contributed by atoms with Crippen molar-refractivity contribution in [3.05, 3.63) is 41.2 Å². The summed E-state index contributed by atoms with van der Waals surface area (Å²) in [5, 5.41) is 0. The predicted molar refractivity (Wildman–Crippen MR) is 221 cm³/mol. The van der Waals surface area contributed by atoms with E-state index in [2.05, 4.69) is 79.9 Å². The van der Waals surface area contributed by atoms with Gasteiger partial charge in [0.15, 0.2) is 0 Å². The summed E-state index contributed by atoms with van der Waals surface area (Å²) < 4.78 is 22.8. The van der Waals surface area contributed by atoms with Crippen molar-refractivity contribution in [2.45, 2.75) is 161 Å². The molecule has 0 saturated heterocycles. The second-order valence-corrected chi connectivity index (χ2v) is 18.3. The Labute approximate surface area is 321 Å². The number of halogens is 1. The van der Waals surface area contributed by atoms with E-state index in [1.54, 1.807) is 12.1 Å². The maximum absolute atomic E-state index is 15.0. The third-order valence-corrected chi connectivity index (χ3v) is 15.7. The Morgan fingerprint density at radius 2 is 1.56 bits per heavy atom. The highest BCUT2D eigenvalue weighted by Crippen LogP contribution is 2.74. The lowest BCUT2D eigenvalue weighted by Gasteiger charge is -2.68. The van der Waals surface area contributed by atoms with Gasteiger partial charge in [0.05, 0.1) is 12.7 Å². The number of carbonyl (C=O) groups is 1. The Hall–Kier alpha value is -1.68. The first-order chi connectivity index (χ1) is 24.6. The summed E-state index contributed by atoms with van der Waals surface area (Å²) in [6, 6.07) is 5.10. The lowest BCUT2D eigenvalue weighted by molar-refractivity contribution is -0.181. The predicted octanol–water partition coefficient (Wildman–Crippen LogP) is 14.0. The van der Waals surface area contributed by atoms with E-state index in [0.29, 0.717) is 16.7 Å². The van der Waals surface area contributed by atoms with E-state index in [1.807, 2.05) is 33.8 Å². The largest absolute Gasteiger partial charge is 0.465 e. The van der Waals surface area contributed by atoms with Crippen LogP contribution < -0.4 is 0 Å². The van der Waals surface area contributed by atoms with Gasteiger partial charge < -0.3 is 9.10 Å². The monoisotopic (exact) mass is 726 g/mol. The molecule has 298 valence electrons. The number of hydrogen-bond donors (Lipinski definition) is 0. The molecule has 0 N–H and O–H groups in total. The van der Waals surface area contributed by atoms with E-state index in [0.717, 1.165) is 60.7 Å². The van der Waals surface area contributed by atoms with Gasteiger partial charge in [-0.1, -0.05) is 102 Å². The zero-order valence-corrected chi connectivity index (χ0v) is 36.6. The lowest BCUT2D eigenvalue weighted by Crippen LogP contribution is -2.61. The van der Waals surface area contributed by atoms with Crippen LogP contribution in [0.15, 0.2) is 24.3 Å². The molecule has 4 fully saturated rings. The van der Waals surface area contributed by atoms with Crippen LogP contribution in [0.1, 0.15) is 177 Å². The molecule has 1 aromatic carbocycles. The Kier molecular flexibility index (Phi) is 15.7. The summed E-state index contributed by atoms with van der Waals surface area (Å²) >= 11 is 0. The quantitative estimate of drug-likeness (QED) is 0.207. The number of esters is 1. The Bertz CT molecular complexity index is 1330. The van der Waals surface area contributed by atoms with Crippen LogP contribution in [-0.2, 0) is 9.10 Å². The number of fused-ring (bicyclic) bond motifs is 7. The molecule has 0 radical (unpaired) electrons. The highest BCUT2D eigenvalue weighted by molar-refractivity contribution is 5.90. The lowest BCUT2D eigenvalue weighted by atomic mass is 9.36. The van der Waals surface area contributed by atoms with Gasteiger partial charge in [-0.05, 0) is 144 Å². The maximum Gasteiger partial charge on any atom is 0.340 e. The molecule has 0 spiro atoms. The number of rotatable bonds is 7. The Balaban J connectivity index is 0.000000588. The van der Waals surface area contributed by atoms with Crippen LogP contribution in [0, 0.1) is 68.9 Å². The first-order valence-electron chi connectivity index (χ1n) is 21.8.